The van der Waals surface area contributed by atoms with Crippen molar-refractivity contribution in [3.8, 4) is 0 Å². The monoisotopic (exact) mass is 547 g/mol. The van der Waals surface area contributed by atoms with Gasteiger partial charge in [-0.1, -0.05) is 6.07 Å². The quantitative estimate of drug-likeness (QED) is 0.263. The zero-order valence-corrected chi connectivity index (χ0v) is 21.7. The lowest BCUT2D eigenvalue weighted by Crippen LogP contribution is -2.39. The van der Waals surface area contributed by atoms with E-state index in [4.69, 9.17) is 4.98 Å². The van der Waals surface area contributed by atoms with Gasteiger partial charge in [-0.05, 0) is 72.6 Å². The van der Waals surface area contributed by atoms with Crippen LogP contribution in [0.15, 0.2) is 29.1 Å². The highest BCUT2D eigenvalue weighted by molar-refractivity contribution is 9.10. The van der Waals surface area contributed by atoms with E-state index in [1.165, 1.54) is 18.8 Å². The minimum Gasteiger partial charge on any atom is -0.480 e. The molecule has 0 fully saturated rings. The molecule has 0 bridgehead atoms. The Morgan fingerprint density at radius 1 is 1.26 bits per heavy atom. The molecular weight excluding hydrogens is 514 g/mol. The average Bonchev–Trinajstić information content (AvgIpc) is 2.84. The molecule has 1 atom stereocenters. The first-order valence-corrected chi connectivity index (χ1v) is 12.9. The molecule has 35 heavy (non-hydrogen) atoms. The summed E-state index contributed by atoms with van der Waals surface area (Å²) >= 11 is 3.34. The lowest BCUT2D eigenvalue weighted by atomic mass is 10.1. The molecule has 11 heteroatoms. The molecule has 2 aromatic rings. The van der Waals surface area contributed by atoms with E-state index in [0.29, 0.717) is 36.3 Å². The molecule has 10 nitrogen and oxygen atoms in total. The second-order valence-corrected chi connectivity index (χ2v) is 9.52. The normalized spacial score (nSPS) is 13.6. The third-order valence-electron chi connectivity index (χ3n) is 5.92. The largest absolute Gasteiger partial charge is 0.480 e. The maximum atomic E-state index is 11.8. The molecule has 0 radical (unpaired) electrons. The Morgan fingerprint density at radius 3 is 2.89 bits per heavy atom. The van der Waals surface area contributed by atoms with Crippen LogP contribution in [0.2, 0.25) is 0 Å². The van der Waals surface area contributed by atoms with Crippen LogP contribution in [-0.2, 0) is 22.4 Å². The summed E-state index contributed by atoms with van der Waals surface area (Å²) in [7, 11) is 0. The third-order valence-corrected chi connectivity index (χ3v) is 6.50. The van der Waals surface area contributed by atoms with Crippen LogP contribution in [0.4, 0.5) is 11.6 Å². The van der Waals surface area contributed by atoms with Crippen molar-refractivity contribution in [3.05, 3.63) is 40.4 Å². The van der Waals surface area contributed by atoms with Crippen LogP contribution in [0.25, 0.3) is 0 Å². The molecule has 1 amide bonds. The summed E-state index contributed by atoms with van der Waals surface area (Å²) in [5, 5.41) is 18.9. The summed E-state index contributed by atoms with van der Waals surface area (Å²) < 4.78 is 0.611. The predicted octanol–water partition coefficient (Wildman–Crippen LogP) is 2.71. The highest BCUT2D eigenvalue weighted by atomic mass is 79.9. The highest BCUT2D eigenvalue weighted by Gasteiger charge is 2.20. The second kappa shape index (κ2) is 13.9. The Hall–Kier alpha value is -2.79. The number of nitrogens with zero attached hydrogens (tertiary/aromatic N) is 4. The first-order chi connectivity index (χ1) is 16.9. The fourth-order valence-corrected chi connectivity index (χ4v) is 4.36. The number of aromatic nitrogens is 3. The van der Waals surface area contributed by atoms with Crippen LogP contribution in [-0.4, -0.2) is 75.6 Å². The number of unbranched alkanes of at least 4 members (excludes halogenated alkanes) is 1. The van der Waals surface area contributed by atoms with Gasteiger partial charge in [0.1, 0.15) is 24.0 Å². The molecular formula is C24H34BrN7O3. The van der Waals surface area contributed by atoms with Crippen molar-refractivity contribution in [3.63, 3.8) is 0 Å². The van der Waals surface area contributed by atoms with Gasteiger partial charge in [-0.25, -0.2) is 19.7 Å². The van der Waals surface area contributed by atoms with Gasteiger partial charge in [-0.3, -0.25) is 4.79 Å². The van der Waals surface area contributed by atoms with Gasteiger partial charge in [-0.2, -0.15) is 0 Å². The number of rotatable bonds is 14. The van der Waals surface area contributed by atoms with E-state index in [2.05, 4.69) is 58.9 Å². The van der Waals surface area contributed by atoms with Crippen molar-refractivity contribution >= 4 is 39.4 Å². The van der Waals surface area contributed by atoms with E-state index < -0.39 is 12.0 Å². The Kier molecular flexibility index (Phi) is 10.7. The number of nitrogens with one attached hydrogen (secondary N) is 3. The van der Waals surface area contributed by atoms with E-state index >= 15 is 0 Å². The number of anilines is 2. The van der Waals surface area contributed by atoms with Crippen molar-refractivity contribution in [1.29, 1.82) is 0 Å². The fourth-order valence-electron chi connectivity index (χ4n) is 4.03. The summed E-state index contributed by atoms with van der Waals surface area (Å²) in [6.07, 6.45) is 8.40. The van der Waals surface area contributed by atoms with E-state index in [0.717, 1.165) is 56.7 Å². The van der Waals surface area contributed by atoms with Crippen molar-refractivity contribution in [1.82, 2.24) is 25.2 Å². The Bertz CT molecular complexity index is 991. The summed E-state index contributed by atoms with van der Waals surface area (Å²) in [6.45, 7) is 5.04. The molecule has 190 valence electrons. The predicted molar refractivity (Wildman–Crippen MR) is 139 cm³/mol. The van der Waals surface area contributed by atoms with E-state index in [9.17, 15) is 14.7 Å². The van der Waals surface area contributed by atoms with Crippen LogP contribution in [0, 0.1) is 0 Å². The molecule has 3 heterocycles. The standard InChI is InChI=1S/C24H34BrN7O3/c1-17(33)27-11-14-32(13-9-21(24(34)35)31-23-20(25)15-26-16-29-23)12-3-2-6-19-8-7-18-5-4-10-28-22(18)30-19/h7-8,15-16,21H,2-6,9-14H2,1H3,(H,27,33)(H,28,30)(H,34,35)(H,26,29,31). The van der Waals surface area contributed by atoms with E-state index in [1.54, 1.807) is 6.20 Å². The number of pyridine rings is 1. The smallest absolute Gasteiger partial charge is 0.326 e. The number of hydrogen-bond acceptors (Lipinski definition) is 8. The summed E-state index contributed by atoms with van der Waals surface area (Å²) in [5.41, 5.74) is 2.38. The molecule has 1 aliphatic heterocycles. The number of aryl methyl sites for hydroxylation is 2. The molecule has 4 N–H and O–H groups in total. The number of carboxylic acids is 1. The van der Waals surface area contributed by atoms with E-state index in [1.807, 2.05) is 0 Å². The van der Waals surface area contributed by atoms with Gasteiger partial charge in [0, 0.05) is 45.0 Å². The van der Waals surface area contributed by atoms with Crippen molar-refractivity contribution in [2.75, 3.05) is 43.4 Å². The number of hydrogen-bond donors (Lipinski definition) is 4. The van der Waals surface area contributed by atoms with Gasteiger partial charge in [0.15, 0.2) is 0 Å². The fraction of sp³-hybridized carbons (Fsp3) is 0.542. The molecule has 1 aliphatic rings. The van der Waals surface area contributed by atoms with Gasteiger partial charge in [0.25, 0.3) is 0 Å². The minimum atomic E-state index is -0.940. The topological polar surface area (TPSA) is 132 Å². The average molecular weight is 548 g/mol. The van der Waals surface area contributed by atoms with Gasteiger partial charge in [-0.15, -0.1) is 0 Å². The first-order valence-electron chi connectivity index (χ1n) is 12.1. The summed E-state index contributed by atoms with van der Waals surface area (Å²) in [4.78, 5) is 38.1. The van der Waals surface area contributed by atoms with Gasteiger partial charge < -0.3 is 26.0 Å². The van der Waals surface area contributed by atoms with Gasteiger partial charge >= 0.3 is 5.97 Å². The van der Waals surface area contributed by atoms with Crippen LogP contribution in [0.3, 0.4) is 0 Å². The maximum absolute atomic E-state index is 11.8. The Morgan fingerprint density at radius 2 is 2.11 bits per heavy atom. The van der Waals surface area contributed by atoms with Crippen LogP contribution >= 0.6 is 15.9 Å². The van der Waals surface area contributed by atoms with Crippen LogP contribution in [0.5, 0.6) is 0 Å². The van der Waals surface area contributed by atoms with Crippen molar-refractivity contribution in [2.45, 2.75) is 51.5 Å². The molecule has 2 aromatic heterocycles. The van der Waals surface area contributed by atoms with Crippen molar-refractivity contribution in [2.24, 2.45) is 0 Å². The first kappa shape index (κ1) is 26.8. The number of carbonyl (C=O) groups excluding carboxylic acids is 1. The van der Waals surface area contributed by atoms with Gasteiger partial charge in [0.2, 0.25) is 5.91 Å². The number of amides is 1. The third kappa shape index (κ3) is 9.06. The molecule has 0 aliphatic carbocycles. The van der Waals surface area contributed by atoms with Crippen LogP contribution in [0.1, 0.15) is 43.9 Å². The molecule has 0 saturated carbocycles. The minimum absolute atomic E-state index is 0.0734. The molecule has 0 saturated heterocycles. The zero-order chi connectivity index (χ0) is 25.0. The number of carboxylic acid groups (broad SMARTS) is 1. The number of halogens is 1. The SMILES string of the molecule is CC(=O)NCCN(CCCCc1ccc2c(n1)NCCC2)CCC(Nc1ncncc1Br)C(=O)O. The molecule has 0 aromatic carbocycles. The Labute approximate surface area is 214 Å². The summed E-state index contributed by atoms with van der Waals surface area (Å²) in [5.74, 6) is 0.456. The maximum Gasteiger partial charge on any atom is 0.326 e. The number of aliphatic carboxylic acids is 1. The number of carbonyl (C=O) groups is 2. The summed E-state index contributed by atoms with van der Waals surface area (Å²) in [6, 6.07) is 3.50. The zero-order valence-electron chi connectivity index (χ0n) is 20.1. The molecule has 3 rings (SSSR count). The molecule has 0 spiro atoms. The highest BCUT2D eigenvalue weighted by Crippen LogP contribution is 2.21. The van der Waals surface area contributed by atoms with E-state index in [-0.39, 0.29) is 5.91 Å². The number of fused-ring (bicyclic) bond motifs is 1. The lowest BCUT2D eigenvalue weighted by Gasteiger charge is -2.25. The second-order valence-electron chi connectivity index (χ2n) is 8.67. The molecule has 1 unspecified atom stereocenters. The van der Waals surface area contributed by atoms with Crippen molar-refractivity contribution < 1.29 is 14.7 Å². The van der Waals surface area contributed by atoms with Crippen LogP contribution < -0.4 is 16.0 Å². The van der Waals surface area contributed by atoms with Gasteiger partial charge in [0.05, 0.1) is 4.47 Å². The Balaban J connectivity index is 1.50. The lowest BCUT2D eigenvalue weighted by molar-refractivity contribution is -0.138.